The Morgan fingerprint density at radius 1 is 1.58 bits per heavy atom. The van der Waals surface area contributed by atoms with Crippen molar-refractivity contribution in [2.24, 2.45) is 0 Å². The van der Waals surface area contributed by atoms with E-state index in [4.69, 9.17) is 0 Å². The minimum atomic E-state index is -1.08. The summed E-state index contributed by atoms with van der Waals surface area (Å²) in [5, 5.41) is 11.6. The molecule has 0 fully saturated rings. The van der Waals surface area contributed by atoms with Gasteiger partial charge in [0.25, 0.3) is 0 Å². The summed E-state index contributed by atoms with van der Waals surface area (Å²) in [7, 11) is 0. The molecule has 0 unspecified atom stereocenters. The first-order chi connectivity index (χ1) is 5.25. The lowest BCUT2D eigenvalue weighted by molar-refractivity contribution is -0.120. The molecule has 0 aromatic rings. The molecule has 3 nitrogen and oxygen atoms in total. The number of rotatable bonds is 2. The summed E-state index contributed by atoms with van der Waals surface area (Å²) in [6.07, 6.45) is -1.08. The molecule has 0 aromatic carbocycles. The highest BCUT2D eigenvalue weighted by Crippen LogP contribution is 2.35. The second kappa shape index (κ2) is 4.74. The van der Waals surface area contributed by atoms with Crippen LogP contribution in [0, 0.1) is 0 Å². The summed E-state index contributed by atoms with van der Waals surface area (Å²) >= 11 is 9.18. The van der Waals surface area contributed by atoms with Crippen LogP contribution in [-0.2, 0) is 4.79 Å². The van der Waals surface area contributed by atoms with Crippen molar-refractivity contribution < 1.29 is 9.90 Å². The number of carbonyl (C=O) groups is 1. The molecule has 0 rings (SSSR count). The van der Waals surface area contributed by atoms with Crippen molar-refractivity contribution in [3.8, 4) is 0 Å². The maximum Gasteiger partial charge on any atom is 0.248 e. The van der Waals surface area contributed by atoms with E-state index in [1.165, 1.54) is 0 Å². The standard InChI is InChI=1S/C6H8Br3NO2/c1-3(2)4(11)10-5(12)6(7,8)9/h5,12H,1H2,2H3,(H,10,11)/t5-/m0/s1. The number of carbonyl (C=O) groups excluding carboxylic acids is 1. The molecule has 0 saturated heterocycles. The third-order valence-corrected chi connectivity index (χ3v) is 2.27. The van der Waals surface area contributed by atoms with Gasteiger partial charge in [0.1, 0.15) is 0 Å². The van der Waals surface area contributed by atoms with Gasteiger partial charge in [-0.15, -0.1) is 0 Å². The lowest BCUT2D eigenvalue weighted by Gasteiger charge is -2.20. The Balaban J connectivity index is 4.11. The van der Waals surface area contributed by atoms with E-state index in [-0.39, 0.29) is 0 Å². The van der Waals surface area contributed by atoms with E-state index in [9.17, 15) is 9.90 Å². The van der Waals surface area contributed by atoms with Crippen molar-refractivity contribution in [3.63, 3.8) is 0 Å². The third kappa shape index (κ3) is 4.59. The second-order valence-electron chi connectivity index (χ2n) is 2.20. The van der Waals surface area contributed by atoms with Gasteiger partial charge in [0.05, 0.1) is 0 Å². The molecule has 70 valence electrons. The first kappa shape index (κ1) is 12.6. The summed E-state index contributed by atoms with van der Waals surface area (Å²) in [4.78, 5) is 11.0. The molecule has 0 aliphatic heterocycles. The average molecular weight is 366 g/mol. The molecule has 0 aromatic heterocycles. The van der Waals surface area contributed by atoms with E-state index in [2.05, 4.69) is 59.7 Å². The zero-order valence-corrected chi connectivity index (χ0v) is 11.0. The lowest BCUT2D eigenvalue weighted by atomic mass is 10.3. The van der Waals surface area contributed by atoms with Crippen molar-refractivity contribution in [3.05, 3.63) is 12.2 Å². The van der Waals surface area contributed by atoms with Crippen molar-refractivity contribution in [2.45, 2.75) is 15.3 Å². The number of aliphatic hydroxyl groups excluding tert-OH is 1. The summed E-state index contributed by atoms with van der Waals surface area (Å²) in [5.74, 6) is -0.398. The second-order valence-corrected chi connectivity index (χ2v) is 9.14. The predicted octanol–water partition coefficient (Wildman–Crippen LogP) is 1.84. The molecule has 0 heterocycles. The molecule has 1 amide bonds. The van der Waals surface area contributed by atoms with Crippen LogP contribution in [0.25, 0.3) is 0 Å². The molecular weight excluding hydrogens is 358 g/mol. The number of aliphatic hydroxyl groups is 1. The molecule has 0 radical (unpaired) electrons. The van der Waals surface area contributed by atoms with Crippen molar-refractivity contribution in [1.29, 1.82) is 0 Å². The van der Waals surface area contributed by atoms with Crippen molar-refractivity contribution in [2.75, 3.05) is 0 Å². The minimum Gasteiger partial charge on any atom is -0.370 e. The Morgan fingerprint density at radius 2 is 2.00 bits per heavy atom. The van der Waals surface area contributed by atoms with Gasteiger partial charge in [-0.2, -0.15) is 0 Å². The largest absolute Gasteiger partial charge is 0.370 e. The topological polar surface area (TPSA) is 49.3 Å². The van der Waals surface area contributed by atoms with E-state index in [0.29, 0.717) is 5.57 Å². The van der Waals surface area contributed by atoms with E-state index >= 15 is 0 Å². The third-order valence-electron chi connectivity index (χ3n) is 0.965. The Morgan fingerprint density at radius 3 is 2.25 bits per heavy atom. The summed E-state index contributed by atoms with van der Waals surface area (Å²) in [6.45, 7) is 4.98. The van der Waals surface area contributed by atoms with E-state index < -0.39 is 14.3 Å². The van der Waals surface area contributed by atoms with Gasteiger partial charge in [-0.1, -0.05) is 54.4 Å². The maximum absolute atomic E-state index is 11.0. The fourth-order valence-corrected chi connectivity index (χ4v) is 0.673. The summed E-state index contributed by atoms with van der Waals surface area (Å²) in [6, 6.07) is 0. The molecule has 0 saturated carbocycles. The zero-order chi connectivity index (χ0) is 9.94. The molecule has 0 aliphatic rings. The zero-order valence-electron chi connectivity index (χ0n) is 6.27. The summed E-state index contributed by atoms with van der Waals surface area (Å²) in [5.41, 5.74) is 0.339. The van der Waals surface area contributed by atoms with Crippen LogP contribution in [0.15, 0.2) is 12.2 Å². The number of halogens is 3. The minimum absolute atomic E-state index is 0.339. The highest BCUT2D eigenvalue weighted by Gasteiger charge is 2.30. The van der Waals surface area contributed by atoms with Gasteiger partial charge >= 0.3 is 0 Å². The Hall–Kier alpha value is 0.610. The van der Waals surface area contributed by atoms with E-state index in [0.717, 1.165) is 0 Å². The first-order valence-corrected chi connectivity index (χ1v) is 5.34. The van der Waals surface area contributed by atoms with Gasteiger partial charge in [0, 0.05) is 5.57 Å². The number of nitrogens with one attached hydrogen (secondary N) is 1. The van der Waals surface area contributed by atoms with Crippen LogP contribution in [-0.4, -0.2) is 19.4 Å². The first-order valence-electron chi connectivity index (χ1n) is 2.96. The molecule has 2 N–H and O–H groups in total. The number of amides is 1. The molecule has 0 bridgehead atoms. The fraction of sp³-hybridized carbons (Fsp3) is 0.500. The van der Waals surface area contributed by atoms with Gasteiger partial charge in [-0.25, -0.2) is 0 Å². The monoisotopic (exact) mass is 363 g/mol. The molecule has 1 atom stereocenters. The van der Waals surface area contributed by atoms with Gasteiger partial charge in [0.2, 0.25) is 5.91 Å². The highest BCUT2D eigenvalue weighted by molar-refractivity contribution is 9.39. The van der Waals surface area contributed by atoms with Crippen LogP contribution in [0.5, 0.6) is 0 Å². The number of alkyl halides is 3. The average Bonchev–Trinajstić information content (AvgIpc) is 1.85. The van der Waals surface area contributed by atoms with Crippen LogP contribution in [0.2, 0.25) is 0 Å². The van der Waals surface area contributed by atoms with E-state index in [1.807, 2.05) is 0 Å². The van der Waals surface area contributed by atoms with Gasteiger partial charge in [-0.05, 0) is 6.92 Å². The SMILES string of the molecule is C=C(C)C(=O)N[C@@H](O)C(Br)(Br)Br. The van der Waals surface area contributed by atoms with Crippen LogP contribution in [0.3, 0.4) is 0 Å². The number of hydrogen-bond acceptors (Lipinski definition) is 2. The molecule has 0 spiro atoms. The van der Waals surface area contributed by atoms with Gasteiger partial charge in [0.15, 0.2) is 8.37 Å². The van der Waals surface area contributed by atoms with E-state index in [1.54, 1.807) is 6.92 Å². The number of hydrogen-bond donors (Lipinski definition) is 2. The quantitative estimate of drug-likeness (QED) is 0.445. The Kier molecular flexibility index (Phi) is 4.98. The predicted molar refractivity (Wildman–Crippen MR) is 58.5 cm³/mol. The van der Waals surface area contributed by atoms with Crippen molar-refractivity contribution >= 4 is 53.7 Å². The van der Waals surface area contributed by atoms with Gasteiger partial charge < -0.3 is 10.4 Å². The van der Waals surface area contributed by atoms with Crippen LogP contribution < -0.4 is 5.32 Å². The summed E-state index contributed by atoms with van der Waals surface area (Å²) < 4.78 is -0.905. The highest BCUT2D eigenvalue weighted by atomic mass is 80.0. The van der Waals surface area contributed by atoms with Crippen LogP contribution >= 0.6 is 47.8 Å². The lowest BCUT2D eigenvalue weighted by Crippen LogP contribution is -2.42. The normalized spacial score (nSPS) is 13.8. The maximum atomic E-state index is 11.0. The molecular formula is C6H8Br3NO2. The van der Waals surface area contributed by atoms with Crippen molar-refractivity contribution in [1.82, 2.24) is 5.32 Å². The smallest absolute Gasteiger partial charge is 0.248 e. The molecule has 6 heteroatoms. The molecule has 0 aliphatic carbocycles. The Labute approximate surface area is 96.0 Å². The molecule has 12 heavy (non-hydrogen) atoms. The van der Waals surface area contributed by atoms with Crippen LogP contribution in [0.4, 0.5) is 0 Å². The van der Waals surface area contributed by atoms with Gasteiger partial charge in [-0.3, -0.25) is 4.79 Å². The fourth-order valence-electron chi connectivity index (χ4n) is 0.329. The Bertz CT molecular complexity index is 199. The van der Waals surface area contributed by atoms with Crippen LogP contribution in [0.1, 0.15) is 6.92 Å².